The van der Waals surface area contributed by atoms with Gasteiger partial charge in [-0.1, -0.05) is 49.2 Å². The zero-order chi connectivity index (χ0) is 31.2. The third-order valence-electron chi connectivity index (χ3n) is 7.45. The Morgan fingerprint density at radius 3 is 2.23 bits per heavy atom. The van der Waals surface area contributed by atoms with Gasteiger partial charge in [0.15, 0.2) is 0 Å². The highest BCUT2D eigenvalue weighted by Crippen LogP contribution is 2.33. The van der Waals surface area contributed by atoms with Gasteiger partial charge in [0.2, 0.25) is 11.8 Å². The molecule has 8 nitrogen and oxygen atoms in total. The molecular formula is C31H34F3N3O5S. The SMILES string of the molecule is COc1ccc(CN(C(=O)CN(c2cccc(C(F)(F)F)c2)S(=O)(=O)c2ccccc2)C(C)C(=O)NC2CCCC2)cc1. The van der Waals surface area contributed by atoms with Gasteiger partial charge in [-0.25, -0.2) is 8.42 Å². The van der Waals surface area contributed by atoms with E-state index in [1.165, 1.54) is 42.3 Å². The van der Waals surface area contributed by atoms with Crippen LogP contribution in [0.1, 0.15) is 43.7 Å². The Balaban J connectivity index is 1.71. The lowest BCUT2D eigenvalue weighted by atomic mass is 10.1. The van der Waals surface area contributed by atoms with Crippen molar-refractivity contribution in [2.45, 2.75) is 62.3 Å². The molecule has 1 aliphatic carbocycles. The molecule has 43 heavy (non-hydrogen) atoms. The molecule has 0 heterocycles. The lowest BCUT2D eigenvalue weighted by molar-refractivity contribution is -0.139. The highest BCUT2D eigenvalue weighted by molar-refractivity contribution is 7.92. The predicted molar refractivity (Wildman–Crippen MR) is 156 cm³/mol. The van der Waals surface area contributed by atoms with Crippen molar-refractivity contribution in [3.8, 4) is 5.75 Å². The van der Waals surface area contributed by atoms with E-state index >= 15 is 0 Å². The van der Waals surface area contributed by atoms with Gasteiger partial charge in [0, 0.05) is 12.6 Å². The molecule has 0 aromatic heterocycles. The number of hydrogen-bond donors (Lipinski definition) is 1. The number of carbonyl (C=O) groups is 2. The Hall–Kier alpha value is -4.06. The van der Waals surface area contributed by atoms with Crippen molar-refractivity contribution in [3.05, 3.63) is 90.0 Å². The van der Waals surface area contributed by atoms with Crippen molar-refractivity contribution in [3.63, 3.8) is 0 Å². The summed E-state index contributed by atoms with van der Waals surface area (Å²) in [6, 6.07) is 16.7. The maximum atomic E-state index is 14.0. The van der Waals surface area contributed by atoms with Crippen molar-refractivity contribution in [1.29, 1.82) is 0 Å². The zero-order valence-corrected chi connectivity index (χ0v) is 24.7. The van der Waals surface area contributed by atoms with E-state index < -0.39 is 46.2 Å². The monoisotopic (exact) mass is 617 g/mol. The fourth-order valence-corrected chi connectivity index (χ4v) is 6.42. The first kappa shape index (κ1) is 31.9. The fourth-order valence-electron chi connectivity index (χ4n) is 4.99. The second-order valence-corrected chi connectivity index (χ2v) is 12.3. The number of methoxy groups -OCH3 is 1. The van der Waals surface area contributed by atoms with Crippen LogP contribution in [0.3, 0.4) is 0 Å². The molecule has 1 atom stereocenters. The van der Waals surface area contributed by atoms with E-state index in [4.69, 9.17) is 4.74 Å². The number of anilines is 1. The van der Waals surface area contributed by atoms with Crippen LogP contribution in [0, 0.1) is 0 Å². The first-order chi connectivity index (χ1) is 20.4. The summed E-state index contributed by atoms with van der Waals surface area (Å²) in [6.07, 6.45) is -1.13. The number of rotatable bonds is 11. The molecule has 3 aromatic rings. The van der Waals surface area contributed by atoms with Gasteiger partial charge in [-0.05, 0) is 67.8 Å². The molecule has 1 unspecified atom stereocenters. The minimum Gasteiger partial charge on any atom is -0.497 e. The third kappa shape index (κ3) is 7.86. The quantitative estimate of drug-likeness (QED) is 0.312. The summed E-state index contributed by atoms with van der Waals surface area (Å²) in [5.41, 5.74) is -0.754. The fraction of sp³-hybridized carbons (Fsp3) is 0.355. The maximum Gasteiger partial charge on any atom is 0.416 e. The largest absolute Gasteiger partial charge is 0.497 e. The van der Waals surface area contributed by atoms with Gasteiger partial charge < -0.3 is 15.0 Å². The minimum atomic E-state index is -4.74. The highest BCUT2D eigenvalue weighted by atomic mass is 32.2. The van der Waals surface area contributed by atoms with Gasteiger partial charge in [0.25, 0.3) is 10.0 Å². The van der Waals surface area contributed by atoms with Crippen LogP contribution in [0.15, 0.2) is 83.8 Å². The Morgan fingerprint density at radius 2 is 1.63 bits per heavy atom. The Kier molecular flexibility index (Phi) is 10.0. The molecule has 12 heteroatoms. The summed E-state index contributed by atoms with van der Waals surface area (Å²) in [4.78, 5) is 28.3. The second kappa shape index (κ2) is 13.5. The highest BCUT2D eigenvalue weighted by Gasteiger charge is 2.35. The number of hydrogen-bond acceptors (Lipinski definition) is 5. The third-order valence-corrected chi connectivity index (χ3v) is 9.24. The van der Waals surface area contributed by atoms with Gasteiger partial charge >= 0.3 is 6.18 Å². The number of ether oxygens (including phenoxy) is 1. The van der Waals surface area contributed by atoms with Crippen molar-refractivity contribution in [2.24, 2.45) is 0 Å². The molecule has 0 saturated heterocycles. The molecule has 3 aromatic carbocycles. The number of carbonyl (C=O) groups excluding carboxylic acids is 2. The molecule has 230 valence electrons. The zero-order valence-electron chi connectivity index (χ0n) is 23.9. The number of sulfonamides is 1. The van der Waals surface area contributed by atoms with Gasteiger partial charge in [-0.3, -0.25) is 13.9 Å². The number of amides is 2. The summed E-state index contributed by atoms with van der Waals surface area (Å²) in [5.74, 6) is -0.578. The van der Waals surface area contributed by atoms with Gasteiger partial charge in [0.1, 0.15) is 18.3 Å². The molecule has 2 amide bonds. The normalized spacial score (nSPS) is 14.6. The smallest absolute Gasteiger partial charge is 0.416 e. The van der Waals surface area contributed by atoms with E-state index in [0.717, 1.165) is 37.8 Å². The van der Waals surface area contributed by atoms with Crippen LogP contribution < -0.4 is 14.4 Å². The van der Waals surface area contributed by atoms with Crippen molar-refractivity contribution >= 4 is 27.5 Å². The Labute approximate surface area is 249 Å². The van der Waals surface area contributed by atoms with E-state index in [1.54, 1.807) is 37.3 Å². The number of nitrogens with zero attached hydrogens (tertiary/aromatic N) is 2. The van der Waals surface area contributed by atoms with Gasteiger partial charge in [-0.15, -0.1) is 0 Å². The summed E-state index contributed by atoms with van der Waals surface area (Å²) >= 11 is 0. The van der Waals surface area contributed by atoms with Crippen LogP contribution in [0.4, 0.5) is 18.9 Å². The molecule has 1 aliphatic rings. The maximum absolute atomic E-state index is 14.0. The van der Waals surface area contributed by atoms with Crippen LogP contribution in [0.2, 0.25) is 0 Å². The van der Waals surface area contributed by atoms with Crippen molar-refractivity contribution in [2.75, 3.05) is 18.0 Å². The Bertz CT molecular complexity index is 1510. The molecule has 1 N–H and O–H groups in total. The molecule has 0 aliphatic heterocycles. The van der Waals surface area contributed by atoms with E-state index in [-0.39, 0.29) is 23.2 Å². The van der Waals surface area contributed by atoms with Gasteiger partial charge in [0.05, 0.1) is 23.3 Å². The number of halogens is 3. The summed E-state index contributed by atoms with van der Waals surface area (Å²) < 4.78 is 74.3. The van der Waals surface area contributed by atoms with Crippen LogP contribution in [0.5, 0.6) is 5.75 Å². The van der Waals surface area contributed by atoms with Crippen molar-refractivity contribution < 1.29 is 35.9 Å². The van der Waals surface area contributed by atoms with Gasteiger partial charge in [-0.2, -0.15) is 13.2 Å². The predicted octanol–water partition coefficient (Wildman–Crippen LogP) is 5.39. The number of alkyl halides is 3. The molecule has 0 spiro atoms. The number of nitrogens with one attached hydrogen (secondary N) is 1. The average Bonchev–Trinajstić information content (AvgIpc) is 3.51. The molecule has 4 rings (SSSR count). The molecule has 0 radical (unpaired) electrons. The van der Waals surface area contributed by atoms with E-state index in [9.17, 15) is 31.2 Å². The van der Waals surface area contributed by atoms with E-state index in [0.29, 0.717) is 21.7 Å². The summed E-state index contributed by atoms with van der Waals surface area (Å²) in [7, 11) is -2.98. The van der Waals surface area contributed by atoms with E-state index in [2.05, 4.69) is 5.32 Å². The molecule has 0 bridgehead atoms. The summed E-state index contributed by atoms with van der Waals surface area (Å²) in [6.45, 7) is 0.658. The first-order valence-electron chi connectivity index (χ1n) is 13.9. The number of benzene rings is 3. The second-order valence-electron chi connectivity index (χ2n) is 10.4. The molecule has 1 saturated carbocycles. The van der Waals surface area contributed by atoms with Crippen LogP contribution in [-0.2, 0) is 32.3 Å². The lowest BCUT2D eigenvalue weighted by Crippen LogP contribution is -2.52. The topological polar surface area (TPSA) is 96.0 Å². The molecule has 1 fully saturated rings. The first-order valence-corrected chi connectivity index (χ1v) is 15.3. The van der Waals surface area contributed by atoms with Crippen LogP contribution >= 0.6 is 0 Å². The standard InChI is InChI=1S/C31H34F3N3O5S/c1-22(30(39)35-25-10-6-7-11-25)36(20-23-15-17-27(42-2)18-16-23)29(38)21-37(43(40,41)28-13-4-3-5-14-28)26-12-8-9-24(19-26)31(32,33)34/h3-5,8-9,12-19,22,25H,6-7,10-11,20-21H2,1-2H3,(H,35,39). The Morgan fingerprint density at radius 1 is 0.977 bits per heavy atom. The molecular weight excluding hydrogens is 583 g/mol. The lowest BCUT2D eigenvalue weighted by Gasteiger charge is -2.32. The van der Waals surface area contributed by atoms with Crippen molar-refractivity contribution in [1.82, 2.24) is 10.2 Å². The van der Waals surface area contributed by atoms with Crippen LogP contribution in [0.25, 0.3) is 0 Å². The van der Waals surface area contributed by atoms with Crippen LogP contribution in [-0.4, -0.2) is 50.9 Å². The van der Waals surface area contributed by atoms with E-state index in [1.807, 2.05) is 0 Å². The average molecular weight is 618 g/mol. The minimum absolute atomic E-state index is 0.0204. The summed E-state index contributed by atoms with van der Waals surface area (Å²) in [5, 5.41) is 2.97.